The number of benzene rings is 1. The normalized spacial score (nSPS) is 16.4. The molecule has 0 aromatic heterocycles. The maximum atomic E-state index is 5.98. The Morgan fingerprint density at radius 2 is 2.11 bits per heavy atom. The van der Waals surface area contributed by atoms with Crippen molar-refractivity contribution in [3.63, 3.8) is 0 Å². The first-order valence-corrected chi connectivity index (χ1v) is 8.19. The first-order valence-electron chi connectivity index (χ1n) is 7.01. The van der Waals surface area contributed by atoms with E-state index in [0.29, 0.717) is 0 Å². The Kier molecular flexibility index (Phi) is 6.14. The number of rotatable bonds is 6. The van der Waals surface area contributed by atoms with Crippen molar-refractivity contribution >= 4 is 27.5 Å². The van der Waals surface area contributed by atoms with Crippen LogP contribution in [0.3, 0.4) is 0 Å². The summed E-state index contributed by atoms with van der Waals surface area (Å²) in [7, 11) is 2.25. The van der Waals surface area contributed by atoms with E-state index in [9.17, 15) is 0 Å². The Morgan fingerprint density at radius 1 is 1.37 bits per heavy atom. The van der Waals surface area contributed by atoms with E-state index in [0.717, 1.165) is 35.2 Å². The topological polar surface area (TPSA) is 15.3 Å². The van der Waals surface area contributed by atoms with Crippen LogP contribution in [0, 0.1) is 0 Å². The van der Waals surface area contributed by atoms with Gasteiger partial charge in [0.25, 0.3) is 0 Å². The summed E-state index contributed by atoms with van der Waals surface area (Å²) in [6.45, 7) is 3.06. The molecule has 0 radical (unpaired) electrons. The Bertz CT molecular complexity index is 405. The molecular weight excluding hydrogens is 324 g/mol. The fraction of sp³-hybridized carbons (Fsp3) is 0.600. The summed E-state index contributed by atoms with van der Waals surface area (Å²) in [6, 6.07) is 6.90. The van der Waals surface area contributed by atoms with E-state index in [4.69, 9.17) is 11.6 Å². The van der Waals surface area contributed by atoms with Gasteiger partial charge in [-0.2, -0.15) is 0 Å². The average molecular weight is 346 g/mol. The number of nitrogens with zero attached hydrogens (tertiary/aromatic N) is 1. The molecule has 1 aromatic carbocycles. The van der Waals surface area contributed by atoms with E-state index < -0.39 is 0 Å². The van der Waals surface area contributed by atoms with E-state index in [1.807, 2.05) is 6.07 Å². The third-order valence-electron chi connectivity index (χ3n) is 3.90. The lowest BCUT2D eigenvalue weighted by molar-refractivity contribution is 0.245. The Hall–Kier alpha value is -0.0900. The van der Waals surface area contributed by atoms with Crippen LogP contribution in [0.25, 0.3) is 0 Å². The number of halogens is 2. The molecule has 2 nitrogen and oxygen atoms in total. The molecule has 2 rings (SSSR count). The zero-order valence-corrected chi connectivity index (χ0v) is 13.8. The molecule has 0 atom stereocenters. The lowest BCUT2D eigenvalue weighted by Gasteiger charge is -2.24. The summed E-state index contributed by atoms with van der Waals surface area (Å²) in [5, 5.41) is 4.27. The Balaban J connectivity index is 1.67. The van der Waals surface area contributed by atoms with Gasteiger partial charge in [0.1, 0.15) is 0 Å². The highest BCUT2D eigenvalue weighted by atomic mass is 79.9. The van der Waals surface area contributed by atoms with Crippen LogP contribution < -0.4 is 5.32 Å². The molecule has 1 N–H and O–H groups in total. The first kappa shape index (κ1) is 15.3. The number of hydrogen-bond donors (Lipinski definition) is 1. The van der Waals surface area contributed by atoms with Gasteiger partial charge in [-0.1, -0.05) is 30.5 Å². The van der Waals surface area contributed by atoms with Crippen LogP contribution in [0.15, 0.2) is 22.7 Å². The quantitative estimate of drug-likeness (QED) is 0.782. The Morgan fingerprint density at radius 3 is 2.79 bits per heavy atom. The van der Waals surface area contributed by atoms with Gasteiger partial charge in [-0.15, -0.1) is 0 Å². The molecular formula is C15H22BrClN2. The molecule has 1 aliphatic rings. The van der Waals surface area contributed by atoms with Gasteiger partial charge in [-0.25, -0.2) is 0 Å². The van der Waals surface area contributed by atoms with Gasteiger partial charge in [0.15, 0.2) is 0 Å². The standard InChI is InChI=1S/C15H22BrClN2/c1-19(13-4-2-3-5-13)9-8-18-11-12-6-7-15(17)14(16)10-12/h6-7,10,13,18H,2-5,8-9,11H2,1H3. The number of nitrogens with one attached hydrogen (secondary N) is 1. The lowest BCUT2D eigenvalue weighted by atomic mass is 10.2. The van der Waals surface area contributed by atoms with Gasteiger partial charge in [0, 0.05) is 30.1 Å². The highest BCUT2D eigenvalue weighted by Gasteiger charge is 2.18. The zero-order valence-electron chi connectivity index (χ0n) is 11.5. The van der Waals surface area contributed by atoms with E-state index in [1.54, 1.807) is 0 Å². The van der Waals surface area contributed by atoms with Crippen LogP contribution in [0.5, 0.6) is 0 Å². The summed E-state index contributed by atoms with van der Waals surface area (Å²) in [5.41, 5.74) is 1.26. The fourth-order valence-corrected chi connectivity index (χ4v) is 3.21. The molecule has 1 fully saturated rings. The Labute approximate surface area is 129 Å². The van der Waals surface area contributed by atoms with Gasteiger partial charge in [0.05, 0.1) is 5.02 Å². The molecule has 0 heterocycles. The van der Waals surface area contributed by atoms with Crippen molar-refractivity contribution in [3.05, 3.63) is 33.3 Å². The second-order valence-electron chi connectivity index (χ2n) is 5.34. The molecule has 0 saturated heterocycles. The van der Waals surface area contributed by atoms with E-state index >= 15 is 0 Å². The molecule has 0 bridgehead atoms. The second-order valence-corrected chi connectivity index (χ2v) is 6.61. The smallest absolute Gasteiger partial charge is 0.0548 e. The SMILES string of the molecule is CN(CCNCc1ccc(Cl)c(Br)c1)C1CCCC1. The highest BCUT2D eigenvalue weighted by molar-refractivity contribution is 9.10. The molecule has 4 heteroatoms. The minimum atomic E-state index is 0.768. The average Bonchev–Trinajstić information content (AvgIpc) is 2.92. The fourth-order valence-electron chi connectivity index (χ4n) is 2.67. The molecule has 1 saturated carbocycles. The van der Waals surface area contributed by atoms with Gasteiger partial charge in [-0.05, 0) is 53.5 Å². The van der Waals surface area contributed by atoms with Crippen molar-refractivity contribution in [1.29, 1.82) is 0 Å². The third-order valence-corrected chi connectivity index (χ3v) is 5.12. The summed E-state index contributed by atoms with van der Waals surface area (Å²) >= 11 is 9.44. The van der Waals surface area contributed by atoms with Gasteiger partial charge in [-0.3, -0.25) is 0 Å². The minimum Gasteiger partial charge on any atom is -0.311 e. The predicted molar refractivity (Wildman–Crippen MR) is 85.7 cm³/mol. The van der Waals surface area contributed by atoms with Crippen molar-refractivity contribution < 1.29 is 0 Å². The zero-order chi connectivity index (χ0) is 13.7. The molecule has 1 aliphatic carbocycles. The van der Waals surface area contributed by atoms with E-state index in [2.05, 4.69) is 45.3 Å². The third kappa shape index (κ3) is 4.75. The van der Waals surface area contributed by atoms with Crippen LogP contribution in [-0.2, 0) is 6.54 Å². The maximum absolute atomic E-state index is 5.98. The van der Waals surface area contributed by atoms with Crippen molar-refractivity contribution in [2.45, 2.75) is 38.3 Å². The van der Waals surface area contributed by atoms with Crippen LogP contribution in [0.2, 0.25) is 5.02 Å². The lowest BCUT2D eigenvalue weighted by Crippen LogP contribution is -2.35. The molecule has 19 heavy (non-hydrogen) atoms. The number of likely N-dealkylation sites (N-methyl/N-ethyl adjacent to an activating group) is 1. The van der Waals surface area contributed by atoms with Gasteiger partial charge >= 0.3 is 0 Å². The van der Waals surface area contributed by atoms with Crippen molar-refractivity contribution in [2.24, 2.45) is 0 Å². The summed E-state index contributed by atoms with van der Waals surface area (Å²) in [4.78, 5) is 2.50. The second kappa shape index (κ2) is 7.63. The molecule has 0 spiro atoms. The van der Waals surface area contributed by atoms with Crippen LogP contribution in [0.4, 0.5) is 0 Å². The monoisotopic (exact) mass is 344 g/mol. The van der Waals surface area contributed by atoms with Gasteiger partial charge < -0.3 is 10.2 Å². The summed E-state index contributed by atoms with van der Waals surface area (Å²) in [6.07, 6.45) is 5.56. The number of hydrogen-bond acceptors (Lipinski definition) is 2. The molecule has 1 aromatic rings. The molecule has 0 aliphatic heterocycles. The summed E-state index contributed by atoms with van der Waals surface area (Å²) < 4.78 is 0.969. The summed E-state index contributed by atoms with van der Waals surface area (Å²) in [5.74, 6) is 0. The van der Waals surface area contributed by atoms with Crippen molar-refractivity contribution in [2.75, 3.05) is 20.1 Å². The van der Waals surface area contributed by atoms with E-state index in [-0.39, 0.29) is 0 Å². The predicted octanol–water partition coefficient (Wildman–Crippen LogP) is 4.07. The van der Waals surface area contributed by atoms with Gasteiger partial charge in [0.2, 0.25) is 0 Å². The molecule has 0 unspecified atom stereocenters. The van der Waals surface area contributed by atoms with Crippen LogP contribution >= 0.6 is 27.5 Å². The van der Waals surface area contributed by atoms with Crippen LogP contribution in [0.1, 0.15) is 31.2 Å². The molecule has 0 amide bonds. The van der Waals surface area contributed by atoms with Crippen molar-refractivity contribution in [3.8, 4) is 0 Å². The largest absolute Gasteiger partial charge is 0.311 e. The van der Waals surface area contributed by atoms with Crippen LogP contribution in [-0.4, -0.2) is 31.1 Å². The molecule has 106 valence electrons. The highest BCUT2D eigenvalue weighted by Crippen LogP contribution is 2.23. The maximum Gasteiger partial charge on any atom is 0.0548 e. The van der Waals surface area contributed by atoms with Crippen molar-refractivity contribution in [1.82, 2.24) is 10.2 Å². The first-order chi connectivity index (χ1) is 9.16. The van der Waals surface area contributed by atoms with E-state index in [1.165, 1.54) is 31.2 Å². The minimum absolute atomic E-state index is 0.768.